The van der Waals surface area contributed by atoms with Gasteiger partial charge >= 0.3 is 6.18 Å². The van der Waals surface area contributed by atoms with Crippen molar-refractivity contribution in [2.75, 3.05) is 5.32 Å². The molecule has 21 heavy (non-hydrogen) atoms. The molecule has 0 saturated heterocycles. The molecule has 0 fully saturated rings. The Kier molecular flexibility index (Phi) is 4.80. The minimum atomic E-state index is -4.37. The third kappa shape index (κ3) is 4.46. The van der Waals surface area contributed by atoms with E-state index < -0.39 is 11.7 Å². The first-order valence-electron chi connectivity index (χ1n) is 6.22. The molecular formula is C15H13F3N2S. The van der Waals surface area contributed by atoms with Crippen molar-refractivity contribution >= 4 is 23.0 Å². The van der Waals surface area contributed by atoms with Crippen molar-refractivity contribution in [2.45, 2.75) is 12.7 Å². The topological polar surface area (TPSA) is 24.1 Å². The molecule has 0 amide bonds. The highest BCUT2D eigenvalue weighted by molar-refractivity contribution is 7.80. The zero-order valence-corrected chi connectivity index (χ0v) is 11.8. The second-order valence-corrected chi connectivity index (χ2v) is 4.74. The number of anilines is 1. The first kappa shape index (κ1) is 15.3. The van der Waals surface area contributed by atoms with Crippen LogP contribution in [0, 0.1) is 0 Å². The molecule has 0 radical (unpaired) electrons. The lowest BCUT2D eigenvalue weighted by atomic mass is 10.1. The molecule has 0 aliphatic rings. The van der Waals surface area contributed by atoms with Gasteiger partial charge in [0.05, 0.1) is 5.56 Å². The lowest BCUT2D eigenvalue weighted by Crippen LogP contribution is -2.28. The van der Waals surface area contributed by atoms with Crippen LogP contribution in [0.3, 0.4) is 0 Å². The maximum Gasteiger partial charge on any atom is 0.416 e. The lowest BCUT2D eigenvalue weighted by Gasteiger charge is -2.15. The van der Waals surface area contributed by atoms with Crippen LogP contribution in [-0.4, -0.2) is 5.11 Å². The van der Waals surface area contributed by atoms with E-state index in [1.807, 2.05) is 30.3 Å². The largest absolute Gasteiger partial charge is 0.416 e. The van der Waals surface area contributed by atoms with E-state index in [-0.39, 0.29) is 17.2 Å². The molecule has 6 heteroatoms. The SMILES string of the molecule is FC(F)(F)c1ccccc1CNC(=S)Nc1ccccc1. The van der Waals surface area contributed by atoms with Gasteiger partial charge in [-0.2, -0.15) is 13.2 Å². The van der Waals surface area contributed by atoms with E-state index in [2.05, 4.69) is 10.6 Å². The summed E-state index contributed by atoms with van der Waals surface area (Å²) in [4.78, 5) is 0. The number of halogens is 3. The number of thiocarbonyl (C=S) groups is 1. The molecule has 110 valence electrons. The summed E-state index contributed by atoms with van der Waals surface area (Å²) < 4.78 is 38.5. The summed E-state index contributed by atoms with van der Waals surface area (Å²) in [6.07, 6.45) is -4.37. The molecule has 2 aromatic rings. The van der Waals surface area contributed by atoms with Crippen LogP contribution < -0.4 is 10.6 Å². The fourth-order valence-electron chi connectivity index (χ4n) is 1.82. The van der Waals surface area contributed by atoms with Crippen molar-refractivity contribution < 1.29 is 13.2 Å². The molecule has 0 bridgehead atoms. The smallest absolute Gasteiger partial charge is 0.358 e. The van der Waals surface area contributed by atoms with Crippen LogP contribution in [-0.2, 0) is 12.7 Å². The summed E-state index contributed by atoms with van der Waals surface area (Å²) in [5, 5.41) is 5.97. The van der Waals surface area contributed by atoms with E-state index in [0.717, 1.165) is 11.8 Å². The van der Waals surface area contributed by atoms with Gasteiger partial charge in [0.15, 0.2) is 5.11 Å². The van der Waals surface area contributed by atoms with Gasteiger partial charge in [0.25, 0.3) is 0 Å². The second kappa shape index (κ2) is 6.58. The predicted molar refractivity (Wildman–Crippen MR) is 80.9 cm³/mol. The van der Waals surface area contributed by atoms with Crippen molar-refractivity contribution in [1.82, 2.24) is 5.32 Å². The first-order valence-corrected chi connectivity index (χ1v) is 6.62. The standard InChI is InChI=1S/C15H13F3N2S/c16-15(17,18)13-9-5-4-6-11(13)10-19-14(21)20-12-7-2-1-3-8-12/h1-9H,10H2,(H2,19,20,21). The van der Waals surface area contributed by atoms with Gasteiger partial charge in [0, 0.05) is 12.2 Å². The number of nitrogens with one attached hydrogen (secondary N) is 2. The summed E-state index contributed by atoms with van der Waals surface area (Å²) in [6.45, 7) is 0.00828. The van der Waals surface area contributed by atoms with Crippen molar-refractivity contribution in [3.63, 3.8) is 0 Å². The summed E-state index contributed by atoms with van der Waals surface area (Å²) >= 11 is 5.07. The van der Waals surface area contributed by atoms with Gasteiger partial charge in [-0.05, 0) is 36.0 Å². The molecule has 0 heterocycles. The number of alkyl halides is 3. The summed E-state index contributed by atoms with van der Waals surface area (Å²) in [5.41, 5.74) is 0.279. The monoisotopic (exact) mass is 310 g/mol. The summed E-state index contributed by atoms with van der Waals surface area (Å²) in [6, 6.07) is 14.6. The van der Waals surface area contributed by atoms with Crippen LogP contribution in [0.4, 0.5) is 18.9 Å². The van der Waals surface area contributed by atoms with Crippen molar-refractivity contribution in [2.24, 2.45) is 0 Å². The molecule has 2 aromatic carbocycles. The Morgan fingerprint density at radius 1 is 0.952 bits per heavy atom. The molecule has 0 aliphatic carbocycles. The third-order valence-electron chi connectivity index (χ3n) is 2.79. The average Bonchev–Trinajstić information content (AvgIpc) is 2.45. The van der Waals surface area contributed by atoms with Crippen molar-refractivity contribution in [1.29, 1.82) is 0 Å². The van der Waals surface area contributed by atoms with Crippen molar-refractivity contribution in [3.05, 3.63) is 65.7 Å². The maximum atomic E-state index is 12.8. The molecule has 0 aromatic heterocycles. The van der Waals surface area contributed by atoms with Gasteiger partial charge < -0.3 is 10.6 Å². The highest BCUT2D eigenvalue weighted by atomic mass is 32.1. The highest BCUT2D eigenvalue weighted by Crippen LogP contribution is 2.31. The Balaban J connectivity index is 1.99. The van der Waals surface area contributed by atoms with Gasteiger partial charge in [-0.15, -0.1) is 0 Å². The fourth-order valence-corrected chi connectivity index (χ4v) is 2.01. The molecule has 2 N–H and O–H groups in total. The summed E-state index contributed by atoms with van der Waals surface area (Å²) in [7, 11) is 0. The Bertz CT molecular complexity index is 612. The fraction of sp³-hybridized carbons (Fsp3) is 0.133. The molecule has 0 saturated carbocycles. The molecular weight excluding hydrogens is 297 g/mol. The van der Waals surface area contributed by atoms with Gasteiger partial charge in [-0.25, -0.2) is 0 Å². The Labute approximate surface area is 126 Å². The van der Waals surface area contributed by atoms with E-state index in [9.17, 15) is 13.2 Å². The van der Waals surface area contributed by atoms with Crippen LogP contribution in [0.15, 0.2) is 54.6 Å². The minimum absolute atomic E-state index is 0.00828. The molecule has 0 unspecified atom stereocenters. The van der Waals surface area contributed by atoms with Gasteiger partial charge in [-0.3, -0.25) is 0 Å². The van der Waals surface area contributed by atoms with E-state index in [1.165, 1.54) is 12.1 Å². The number of rotatable bonds is 3. The quantitative estimate of drug-likeness (QED) is 0.831. The van der Waals surface area contributed by atoms with E-state index in [0.29, 0.717) is 0 Å². The molecule has 2 rings (SSSR count). The van der Waals surface area contributed by atoms with Crippen LogP contribution in [0.25, 0.3) is 0 Å². The zero-order chi connectivity index (χ0) is 15.3. The number of hydrogen-bond acceptors (Lipinski definition) is 1. The molecule has 2 nitrogen and oxygen atoms in total. The highest BCUT2D eigenvalue weighted by Gasteiger charge is 2.32. The summed E-state index contributed by atoms with van der Waals surface area (Å²) in [5.74, 6) is 0. The van der Waals surface area contributed by atoms with Crippen LogP contribution in [0.2, 0.25) is 0 Å². The van der Waals surface area contributed by atoms with Gasteiger partial charge in [0.2, 0.25) is 0 Å². The second-order valence-electron chi connectivity index (χ2n) is 4.33. The average molecular weight is 310 g/mol. The third-order valence-corrected chi connectivity index (χ3v) is 3.04. The molecule has 0 spiro atoms. The Morgan fingerprint density at radius 3 is 2.24 bits per heavy atom. The van der Waals surface area contributed by atoms with E-state index >= 15 is 0 Å². The van der Waals surface area contributed by atoms with E-state index in [4.69, 9.17) is 12.2 Å². The number of benzene rings is 2. The van der Waals surface area contributed by atoms with Crippen LogP contribution in [0.1, 0.15) is 11.1 Å². The lowest BCUT2D eigenvalue weighted by molar-refractivity contribution is -0.138. The van der Waals surface area contributed by atoms with Crippen molar-refractivity contribution in [3.8, 4) is 0 Å². The number of para-hydroxylation sites is 1. The minimum Gasteiger partial charge on any atom is -0.358 e. The first-order chi connectivity index (χ1) is 9.97. The van der Waals surface area contributed by atoms with Gasteiger partial charge in [0.1, 0.15) is 0 Å². The molecule has 0 atom stereocenters. The normalized spacial score (nSPS) is 11.0. The Morgan fingerprint density at radius 2 is 1.57 bits per heavy atom. The molecule has 0 aliphatic heterocycles. The Hall–Kier alpha value is -2.08. The van der Waals surface area contributed by atoms with Gasteiger partial charge in [-0.1, -0.05) is 36.4 Å². The van der Waals surface area contributed by atoms with Crippen LogP contribution in [0.5, 0.6) is 0 Å². The van der Waals surface area contributed by atoms with Crippen LogP contribution >= 0.6 is 12.2 Å². The zero-order valence-electron chi connectivity index (χ0n) is 10.9. The predicted octanol–water partition coefficient (Wildman–Crippen LogP) is 4.19. The maximum absolute atomic E-state index is 12.8. The number of hydrogen-bond donors (Lipinski definition) is 2. The van der Waals surface area contributed by atoms with E-state index in [1.54, 1.807) is 6.07 Å².